The van der Waals surface area contributed by atoms with Crippen molar-refractivity contribution in [1.82, 2.24) is 9.97 Å². The first-order valence-corrected chi connectivity index (χ1v) is 7.90. The maximum absolute atomic E-state index is 11.5. The average Bonchev–Trinajstić information content (AvgIpc) is 2.57. The van der Waals surface area contributed by atoms with Crippen molar-refractivity contribution >= 4 is 17.9 Å². The van der Waals surface area contributed by atoms with Crippen molar-refractivity contribution < 1.29 is 0 Å². The molecular formula is C17H23N5O. The Morgan fingerprint density at radius 3 is 2.52 bits per heavy atom. The molecule has 0 spiro atoms. The van der Waals surface area contributed by atoms with Crippen molar-refractivity contribution in [3.63, 3.8) is 0 Å². The molecule has 0 amide bonds. The number of aromatic nitrogens is 2. The lowest BCUT2D eigenvalue weighted by atomic mass is 10.2. The molecule has 2 N–H and O–H groups in total. The summed E-state index contributed by atoms with van der Waals surface area (Å²) >= 11 is 0. The Balaban J connectivity index is 2.03. The number of H-pyrrole nitrogens is 1. The number of hydrazone groups is 1. The third-order valence-corrected chi connectivity index (χ3v) is 3.56. The molecule has 0 aliphatic rings. The van der Waals surface area contributed by atoms with Gasteiger partial charge in [-0.3, -0.25) is 9.78 Å². The van der Waals surface area contributed by atoms with E-state index < -0.39 is 0 Å². The zero-order valence-corrected chi connectivity index (χ0v) is 13.8. The first kappa shape index (κ1) is 16.7. The minimum absolute atomic E-state index is 0.182. The Hall–Kier alpha value is -2.63. The van der Waals surface area contributed by atoms with E-state index >= 15 is 0 Å². The van der Waals surface area contributed by atoms with Gasteiger partial charge in [0.25, 0.3) is 5.56 Å². The summed E-state index contributed by atoms with van der Waals surface area (Å²) in [5.41, 5.74) is 5.48. The average molecular weight is 313 g/mol. The number of hydrogen-bond donors (Lipinski definition) is 2. The molecule has 0 aliphatic carbocycles. The smallest absolute Gasteiger partial charge is 0.252 e. The van der Waals surface area contributed by atoms with E-state index in [4.69, 9.17) is 0 Å². The van der Waals surface area contributed by atoms with Crippen LogP contribution in [0.25, 0.3) is 0 Å². The fourth-order valence-electron chi connectivity index (χ4n) is 2.27. The Morgan fingerprint density at radius 1 is 1.22 bits per heavy atom. The van der Waals surface area contributed by atoms with Crippen molar-refractivity contribution in [1.29, 1.82) is 0 Å². The highest BCUT2D eigenvalue weighted by Crippen LogP contribution is 2.14. The summed E-state index contributed by atoms with van der Waals surface area (Å²) in [5, 5.41) is 4.12. The molecule has 0 unspecified atom stereocenters. The van der Waals surface area contributed by atoms with Gasteiger partial charge < -0.3 is 4.90 Å². The van der Waals surface area contributed by atoms with Crippen molar-refractivity contribution in [2.24, 2.45) is 5.10 Å². The normalized spacial score (nSPS) is 10.9. The molecule has 0 radical (unpaired) electrons. The molecule has 0 atom stereocenters. The first-order chi connectivity index (χ1) is 11.2. The van der Waals surface area contributed by atoms with Gasteiger partial charge in [0.15, 0.2) is 0 Å². The molecule has 0 bridgehead atoms. The lowest BCUT2D eigenvalue weighted by Gasteiger charge is -2.20. The lowest BCUT2D eigenvalue weighted by molar-refractivity contribution is 0.866. The van der Waals surface area contributed by atoms with Gasteiger partial charge in [0.1, 0.15) is 0 Å². The van der Waals surface area contributed by atoms with Crippen LogP contribution in [-0.2, 0) is 6.42 Å². The zero-order chi connectivity index (χ0) is 16.7. The SMILES string of the molecule is CCc1cc(=O)[nH]c(N/N=C\c2ccc(N(CC)CC)cc2)n1. The fraction of sp³-hybridized carbons (Fsp3) is 0.353. The predicted molar refractivity (Wildman–Crippen MR) is 95.5 cm³/mol. The van der Waals surface area contributed by atoms with Crippen LogP contribution in [-0.4, -0.2) is 29.3 Å². The maximum Gasteiger partial charge on any atom is 0.252 e. The summed E-state index contributed by atoms with van der Waals surface area (Å²) in [6.45, 7) is 8.20. The van der Waals surface area contributed by atoms with E-state index in [1.54, 1.807) is 6.21 Å². The van der Waals surface area contributed by atoms with Gasteiger partial charge >= 0.3 is 0 Å². The van der Waals surface area contributed by atoms with Gasteiger partial charge in [0.05, 0.1) is 6.21 Å². The predicted octanol–water partition coefficient (Wildman–Crippen LogP) is 2.62. The number of anilines is 2. The highest BCUT2D eigenvalue weighted by molar-refractivity contribution is 5.80. The highest BCUT2D eigenvalue weighted by Gasteiger charge is 2.01. The molecule has 2 aromatic rings. The Labute approximate surface area is 136 Å². The second kappa shape index (κ2) is 8.12. The number of rotatable bonds is 7. The molecule has 1 aromatic carbocycles. The van der Waals surface area contributed by atoms with Crippen LogP contribution in [0, 0.1) is 0 Å². The summed E-state index contributed by atoms with van der Waals surface area (Å²) < 4.78 is 0. The van der Waals surface area contributed by atoms with Crippen LogP contribution in [0.3, 0.4) is 0 Å². The van der Waals surface area contributed by atoms with E-state index in [-0.39, 0.29) is 5.56 Å². The molecule has 0 saturated heterocycles. The van der Waals surface area contributed by atoms with Crippen molar-refractivity contribution in [3.05, 3.63) is 51.9 Å². The van der Waals surface area contributed by atoms with Gasteiger partial charge in [-0.15, -0.1) is 0 Å². The summed E-state index contributed by atoms with van der Waals surface area (Å²) in [4.78, 5) is 20.6. The zero-order valence-electron chi connectivity index (χ0n) is 13.8. The Morgan fingerprint density at radius 2 is 1.91 bits per heavy atom. The van der Waals surface area contributed by atoms with Gasteiger partial charge in [0.2, 0.25) is 5.95 Å². The Bertz CT molecular complexity index is 702. The lowest BCUT2D eigenvalue weighted by Crippen LogP contribution is -2.21. The molecule has 1 aromatic heterocycles. The molecule has 122 valence electrons. The van der Waals surface area contributed by atoms with Crippen molar-refractivity contribution in [2.45, 2.75) is 27.2 Å². The van der Waals surface area contributed by atoms with Gasteiger partial charge in [-0.2, -0.15) is 5.10 Å². The summed E-state index contributed by atoms with van der Waals surface area (Å²) in [6, 6.07) is 9.66. The second-order valence-electron chi connectivity index (χ2n) is 5.07. The van der Waals surface area contributed by atoms with E-state index in [1.807, 2.05) is 19.1 Å². The topological polar surface area (TPSA) is 73.4 Å². The van der Waals surface area contributed by atoms with Crippen LogP contribution in [0.15, 0.2) is 40.2 Å². The summed E-state index contributed by atoms with van der Waals surface area (Å²) in [7, 11) is 0. The van der Waals surface area contributed by atoms with E-state index in [0.29, 0.717) is 12.4 Å². The third-order valence-electron chi connectivity index (χ3n) is 3.56. The molecule has 6 nitrogen and oxygen atoms in total. The molecule has 1 heterocycles. The van der Waals surface area contributed by atoms with Crippen LogP contribution in [0.5, 0.6) is 0 Å². The first-order valence-electron chi connectivity index (χ1n) is 7.90. The fourth-order valence-corrected chi connectivity index (χ4v) is 2.27. The number of nitrogens with zero attached hydrogens (tertiary/aromatic N) is 3. The van der Waals surface area contributed by atoms with Gasteiger partial charge in [-0.05, 0) is 38.0 Å². The van der Waals surface area contributed by atoms with Crippen LogP contribution in [0.1, 0.15) is 32.0 Å². The number of hydrogen-bond acceptors (Lipinski definition) is 5. The van der Waals surface area contributed by atoms with Gasteiger partial charge in [-0.25, -0.2) is 10.4 Å². The van der Waals surface area contributed by atoms with Crippen LogP contribution >= 0.6 is 0 Å². The Kier molecular flexibility index (Phi) is 5.91. The van der Waals surface area contributed by atoms with E-state index in [2.05, 4.69) is 51.4 Å². The van der Waals surface area contributed by atoms with E-state index in [9.17, 15) is 4.79 Å². The minimum Gasteiger partial charge on any atom is -0.372 e. The monoisotopic (exact) mass is 313 g/mol. The van der Waals surface area contributed by atoms with Gasteiger partial charge in [-0.1, -0.05) is 19.1 Å². The molecule has 0 aliphatic heterocycles. The maximum atomic E-state index is 11.5. The van der Waals surface area contributed by atoms with Crippen LogP contribution < -0.4 is 15.9 Å². The number of aryl methyl sites for hydroxylation is 1. The van der Waals surface area contributed by atoms with E-state index in [1.165, 1.54) is 11.8 Å². The second-order valence-corrected chi connectivity index (χ2v) is 5.07. The van der Waals surface area contributed by atoms with Gasteiger partial charge in [0, 0.05) is 30.5 Å². The van der Waals surface area contributed by atoms with Crippen molar-refractivity contribution in [3.8, 4) is 0 Å². The minimum atomic E-state index is -0.182. The molecule has 23 heavy (non-hydrogen) atoms. The summed E-state index contributed by atoms with van der Waals surface area (Å²) in [5.74, 6) is 0.352. The molecule has 6 heteroatoms. The van der Waals surface area contributed by atoms with Crippen molar-refractivity contribution in [2.75, 3.05) is 23.4 Å². The summed E-state index contributed by atoms with van der Waals surface area (Å²) in [6.07, 6.45) is 2.40. The van der Waals surface area contributed by atoms with Crippen LogP contribution in [0.2, 0.25) is 0 Å². The largest absolute Gasteiger partial charge is 0.372 e. The number of benzene rings is 1. The number of aromatic amines is 1. The standard InChI is InChI=1S/C17H23N5O/c1-4-14-11-16(23)20-17(19-14)21-18-12-13-7-9-15(10-8-13)22(5-2)6-3/h7-12H,4-6H2,1-3H3,(H2,19,20,21,23)/b18-12-. The van der Waals surface area contributed by atoms with E-state index in [0.717, 1.165) is 24.3 Å². The molecular weight excluding hydrogens is 290 g/mol. The quantitative estimate of drug-likeness (QED) is 0.609. The van der Waals surface area contributed by atoms with Crippen LogP contribution in [0.4, 0.5) is 11.6 Å². The highest BCUT2D eigenvalue weighted by atomic mass is 16.1. The molecule has 2 rings (SSSR count). The molecule has 0 saturated carbocycles. The third kappa shape index (κ3) is 4.67. The molecule has 0 fully saturated rings. The number of nitrogens with one attached hydrogen (secondary N) is 2.